The van der Waals surface area contributed by atoms with Gasteiger partial charge in [0, 0.05) is 0 Å². The summed E-state index contributed by atoms with van der Waals surface area (Å²) in [5.41, 5.74) is 10.3. The molecule has 4 N–H and O–H groups in total. The van der Waals surface area contributed by atoms with Gasteiger partial charge in [-0.25, -0.2) is 8.78 Å². The minimum Gasteiger partial charge on any atom is -0.479 e. The zero-order valence-corrected chi connectivity index (χ0v) is 6.92. The van der Waals surface area contributed by atoms with Crippen molar-refractivity contribution in [2.24, 2.45) is 0 Å². The lowest BCUT2D eigenvalue weighted by atomic mass is 10.2. The predicted molar refractivity (Wildman–Crippen MR) is 44.6 cm³/mol. The molecule has 4 nitrogen and oxygen atoms in total. The standard InChI is InChI=1S/C7H9F2N3O/c1-13-7-4(10)2-3(5(8)9)6(11)12-7/h2,5H,10H2,1H3,(H2,11,12). The third kappa shape index (κ3) is 1.77. The van der Waals surface area contributed by atoms with E-state index < -0.39 is 6.43 Å². The van der Waals surface area contributed by atoms with E-state index in [1.807, 2.05) is 0 Å². The molecule has 0 aliphatic heterocycles. The van der Waals surface area contributed by atoms with E-state index in [4.69, 9.17) is 16.2 Å². The molecular weight excluding hydrogens is 180 g/mol. The van der Waals surface area contributed by atoms with Gasteiger partial charge in [0.1, 0.15) is 5.82 Å². The van der Waals surface area contributed by atoms with Crippen LogP contribution in [0.2, 0.25) is 0 Å². The average molecular weight is 189 g/mol. The SMILES string of the molecule is COc1nc(N)c(C(F)F)cc1N. The second kappa shape index (κ2) is 3.42. The first-order valence-electron chi connectivity index (χ1n) is 3.44. The normalized spacial score (nSPS) is 10.5. The topological polar surface area (TPSA) is 74.2 Å². The number of nitrogen functional groups attached to an aromatic ring is 2. The molecule has 0 radical (unpaired) electrons. The molecule has 0 aliphatic carbocycles. The van der Waals surface area contributed by atoms with Gasteiger partial charge in [0.05, 0.1) is 18.4 Å². The van der Waals surface area contributed by atoms with Gasteiger partial charge in [-0.2, -0.15) is 4.98 Å². The number of nitrogens with two attached hydrogens (primary N) is 2. The summed E-state index contributed by atoms with van der Waals surface area (Å²) in [6, 6.07) is 1.06. The number of hydrogen-bond donors (Lipinski definition) is 2. The van der Waals surface area contributed by atoms with Gasteiger partial charge in [-0.05, 0) is 6.07 Å². The quantitative estimate of drug-likeness (QED) is 0.732. The van der Waals surface area contributed by atoms with Crippen LogP contribution in [0.25, 0.3) is 0 Å². The third-order valence-electron chi connectivity index (χ3n) is 1.50. The molecule has 1 rings (SSSR count). The molecule has 1 heterocycles. The van der Waals surface area contributed by atoms with Crippen molar-refractivity contribution in [2.75, 3.05) is 18.6 Å². The number of anilines is 2. The summed E-state index contributed by atoms with van der Waals surface area (Å²) in [6.07, 6.45) is -2.68. The highest BCUT2D eigenvalue weighted by molar-refractivity contribution is 5.57. The van der Waals surface area contributed by atoms with Crippen LogP contribution >= 0.6 is 0 Å². The van der Waals surface area contributed by atoms with E-state index >= 15 is 0 Å². The zero-order chi connectivity index (χ0) is 10.0. The maximum absolute atomic E-state index is 12.2. The molecule has 0 unspecified atom stereocenters. The fourth-order valence-electron chi connectivity index (χ4n) is 0.880. The highest BCUT2D eigenvalue weighted by atomic mass is 19.3. The Morgan fingerprint density at radius 3 is 2.54 bits per heavy atom. The van der Waals surface area contributed by atoms with Gasteiger partial charge in [0.15, 0.2) is 0 Å². The number of methoxy groups -OCH3 is 1. The molecule has 1 aromatic heterocycles. The Kier molecular flexibility index (Phi) is 2.50. The van der Waals surface area contributed by atoms with Crippen molar-refractivity contribution in [1.82, 2.24) is 4.98 Å². The molecule has 13 heavy (non-hydrogen) atoms. The van der Waals surface area contributed by atoms with Crippen LogP contribution in [0.4, 0.5) is 20.3 Å². The first kappa shape index (κ1) is 9.50. The van der Waals surface area contributed by atoms with E-state index in [1.54, 1.807) is 0 Å². The minimum atomic E-state index is -2.68. The molecule has 1 aromatic rings. The minimum absolute atomic E-state index is 0.0481. The highest BCUT2D eigenvalue weighted by Gasteiger charge is 2.15. The molecule has 0 amide bonds. The highest BCUT2D eigenvalue weighted by Crippen LogP contribution is 2.29. The lowest BCUT2D eigenvalue weighted by Gasteiger charge is -2.08. The van der Waals surface area contributed by atoms with Crippen LogP contribution in [0.3, 0.4) is 0 Å². The van der Waals surface area contributed by atoms with E-state index in [-0.39, 0.29) is 22.9 Å². The van der Waals surface area contributed by atoms with Gasteiger partial charge in [0.25, 0.3) is 6.43 Å². The predicted octanol–water partition coefficient (Wildman–Crippen LogP) is 1.19. The van der Waals surface area contributed by atoms with Crippen molar-refractivity contribution in [2.45, 2.75) is 6.43 Å². The van der Waals surface area contributed by atoms with Crippen LogP contribution in [-0.2, 0) is 0 Å². The summed E-state index contributed by atoms with van der Waals surface area (Å²) in [5, 5.41) is 0. The van der Waals surface area contributed by atoms with E-state index in [1.165, 1.54) is 7.11 Å². The molecule has 0 aromatic carbocycles. The van der Waals surface area contributed by atoms with E-state index in [0.29, 0.717) is 0 Å². The van der Waals surface area contributed by atoms with Gasteiger partial charge in [-0.15, -0.1) is 0 Å². The Bertz CT molecular complexity index is 317. The van der Waals surface area contributed by atoms with Gasteiger partial charge in [0.2, 0.25) is 5.88 Å². The number of hydrogen-bond acceptors (Lipinski definition) is 4. The van der Waals surface area contributed by atoms with Crippen molar-refractivity contribution >= 4 is 11.5 Å². The largest absolute Gasteiger partial charge is 0.479 e. The van der Waals surface area contributed by atoms with Crippen LogP contribution in [0.15, 0.2) is 6.07 Å². The first-order chi connectivity index (χ1) is 6.06. The fourth-order valence-corrected chi connectivity index (χ4v) is 0.880. The smallest absolute Gasteiger partial charge is 0.267 e. The molecule has 0 aliphatic rings. The third-order valence-corrected chi connectivity index (χ3v) is 1.50. The number of aromatic nitrogens is 1. The van der Waals surface area contributed by atoms with E-state index in [0.717, 1.165) is 6.07 Å². The van der Waals surface area contributed by atoms with Crippen molar-refractivity contribution < 1.29 is 13.5 Å². The maximum atomic E-state index is 12.2. The van der Waals surface area contributed by atoms with Crippen LogP contribution in [-0.4, -0.2) is 12.1 Å². The van der Waals surface area contributed by atoms with Crippen molar-refractivity contribution in [1.29, 1.82) is 0 Å². The summed E-state index contributed by atoms with van der Waals surface area (Å²) in [4.78, 5) is 3.56. The summed E-state index contributed by atoms with van der Waals surface area (Å²) >= 11 is 0. The summed E-state index contributed by atoms with van der Waals surface area (Å²) < 4.78 is 29.2. The Labute approximate surface area is 73.5 Å². The number of nitrogens with zero attached hydrogens (tertiary/aromatic N) is 1. The number of rotatable bonds is 2. The van der Waals surface area contributed by atoms with Crippen molar-refractivity contribution in [3.05, 3.63) is 11.6 Å². The Hall–Kier alpha value is -1.59. The van der Waals surface area contributed by atoms with Gasteiger partial charge >= 0.3 is 0 Å². The molecule has 0 atom stereocenters. The number of halogens is 2. The molecule has 72 valence electrons. The van der Waals surface area contributed by atoms with Crippen LogP contribution in [0.5, 0.6) is 5.88 Å². The Morgan fingerprint density at radius 2 is 2.08 bits per heavy atom. The molecule has 0 bridgehead atoms. The van der Waals surface area contributed by atoms with Crippen LogP contribution < -0.4 is 16.2 Å². The summed E-state index contributed by atoms with van der Waals surface area (Å²) in [6.45, 7) is 0. The van der Waals surface area contributed by atoms with Crippen molar-refractivity contribution in [3.8, 4) is 5.88 Å². The Balaban J connectivity index is 3.20. The molecule has 6 heteroatoms. The molecule has 0 fully saturated rings. The molecule has 0 saturated carbocycles. The fraction of sp³-hybridized carbons (Fsp3) is 0.286. The van der Waals surface area contributed by atoms with Crippen LogP contribution in [0.1, 0.15) is 12.0 Å². The monoisotopic (exact) mass is 189 g/mol. The molecule has 0 spiro atoms. The van der Waals surface area contributed by atoms with Gasteiger partial charge in [-0.3, -0.25) is 0 Å². The van der Waals surface area contributed by atoms with E-state index in [9.17, 15) is 8.78 Å². The lowest BCUT2D eigenvalue weighted by Crippen LogP contribution is -2.03. The summed E-state index contributed by atoms with van der Waals surface area (Å²) in [7, 11) is 1.33. The number of ether oxygens (including phenoxy) is 1. The van der Waals surface area contributed by atoms with Crippen molar-refractivity contribution in [3.63, 3.8) is 0 Å². The number of alkyl halides is 2. The average Bonchev–Trinajstić information content (AvgIpc) is 2.07. The van der Waals surface area contributed by atoms with E-state index in [2.05, 4.69) is 4.98 Å². The molecular formula is C7H9F2N3O. The van der Waals surface area contributed by atoms with Crippen LogP contribution in [0, 0.1) is 0 Å². The molecule has 0 saturated heterocycles. The maximum Gasteiger partial charge on any atom is 0.267 e. The van der Waals surface area contributed by atoms with Gasteiger partial charge in [-0.1, -0.05) is 0 Å². The number of pyridine rings is 1. The second-order valence-corrected chi connectivity index (χ2v) is 2.36. The second-order valence-electron chi connectivity index (χ2n) is 2.36. The first-order valence-corrected chi connectivity index (χ1v) is 3.44. The zero-order valence-electron chi connectivity index (χ0n) is 6.92. The Morgan fingerprint density at radius 1 is 1.46 bits per heavy atom. The summed E-state index contributed by atoms with van der Waals surface area (Å²) in [5.74, 6) is -0.206. The lowest BCUT2D eigenvalue weighted by molar-refractivity contribution is 0.152. The van der Waals surface area contributed by atoms with Gasteiger partial charge < -0.3 is 16.2 Å².